The standard InChI is InChI=1S/C17H15NOS/c1-11(2)16-13(8-9-20-16)10-18-12(3)14-6-4-5-7-15(14)17(18)19/h4-9H,1,3,10H2,2H3. The highest BCUT2D eigenvalue weighted by Crippen LogP contribution is 2.34. The van der Waals surface area contributed by atoms with E-state index in [9.17, 15) is 4.79 Å². The summed E-state index contributed by atoms with van der Waals surface area (Å²) in [5.74, 6) is 0.0319. The molecule has 2 heterocycles. The molecule has 1 aliphatic heterocycles. The Morgan fingerprint density at radius 2 is 1.95 bits per heavy atom. The molecule has 0 N–H and O–H groups in total. The van der Waals surface area contributed by atoms with Gasteiger partial charge in [-0.3, -0.25) is 4.79 Å². The van der Waals surface area contributed by atoms with Crippen LogP contribution in [0, 0.1) is 0 Å². The van der Waals surface area contributed by atoms with Gasteiger partial charge in [-0.15, -0.1) is 11.3 Å². The lowest BCUT2D eigenvalue weighted by Gasteiger charge is -2.17. The van der Waals surface area contributed by atoms with Crippen molar-refractivity contribution in [2.75, 3.05) is 0 Å². The van der Waals surface area contributed by atoms with Crippen molar-refractivity contribution < 1.29 is 4.79 Å². The molecule has 1 aromatic heterocycles. The van der Waals surface area contributed by atoms with Gasteiger partial charge in [-0.25, -0.2) is 0 Å². The molecule has 3 rings (SSSR count). The van der Waals surface area contributed by atoms with Crippen LogP contribution in [0.2, 0.25) is 0 Å². The van der Waals surface area contributed by atoms with Crippen molar-refractivity contribution in [1.29, 1.82) is 0 Å². The van der Waals surface area contributed by atoms with Crippen molar-refractivity contribution in [3.05, 3.63) is 70.4 Å². The number of nitrogens with zero attached hydrogens (tertiary/aromatic N) is 1. The van der Waals surface area contributed by atoms with Crippen LogP contribution in [0.5, 0.6) is 0 Å². The molecule has 0 unspecified atom stereocenters. The molecular weight excluding hydrogens is 266 g/mol. The highest BCUT2D eigenvalue weighted by molar-refractivity contribution is 7.11. The minimum absolute atomic E-state index is 0.0319. The van der Waals surface area contributed by atoms with Gasteiger partial charge < -0.3 is 4.90 Å². The fourth-order valence-corrected chi connectivity index (χ4v) is 3.36. The number of rotatable bonds is 3. The van der Waals surface area contributed by atoms with Crippen LogP contribution in [-0.4, -0.2) is 10.8 Å². The van der Waals surface area contributed by atoms with Crippen LogP contribution in [0.25, 0.3) is 11.3 Å². The number of thiophene rings is 1. The van der Waals surface area contributed by atoms with E-state index in [1.807, 2.05) is 36.6 Å². The summed E-state index contributed by atoms with van der Waals surface area (Å²) in [5, 5.41) is 2.04. The topological polar surface area (TPSA) is 20.3 Å². The Bertz CT molecular complexity index is 691. The van der Waals surface area contributed by atoms with Crippen LogP contribution < -0.4 is 0 Å². The zero-order valence-electron chi connectivity index (χ0n) is 11.3. The molecule has 0 radical (unpaired) electrons. The van der Waals surface area contributed by atoms with Crippen molar-refractivity contribution in [1.82, 2.24) is 4.90 Å². The summed E-state index contributed by atoms with van der Waals surface area (Å²) in [6.45, 7) is 10.6. The van der Waals surface area contributed by atoms with E-state index in [-0.39, 0.29) is 5.91 Å². The number of hydrogen-bond acceptors (Lipinski definition) is 2. The molecule has 0 fully saturated rings. The van der Waals surface area contributed by atoms with Gasteiger partial charge in [0.15, 0.2) is 0 Å². The first kappa shape index (κ1) is 12.9. The second-order valence-corrected chi connectivity index (χ2v) is 5.85. The Hall–Kier alpha value is -2.13. The van der Waals surface area contributed by atoms with Crippen molar-refractivity contribution in [3.8, 4) is 0 Å². The van der Waals surface area contributed by atoms with Gasteiger partial charge in [-0.2, -0.15) is 0 Å². The van der Waals surface area contributed by atoms with E-state index in [1.54, 1.807) is 16.2 Å². The highest BCUT2D eigenvalue weighted by atomic mass is 32.1. The highest BCUT2D eigenvalue weighted by Gasteiger charge is 2.30. The Balaban J connectivity index is 1.94. The van der Waals surface area contributed by atoms with E-state index >= 15 is 0 Å². The minimum atomic E-state index is 0.0319. The largest absolute Gasteiger partial charge is 0.304 e. The number of benzene rings is 1. The molecule has 0 spiro atoms. The molecule has 0 bridgehead atoms. The van der Waals surface area contributed by atoms with Crippen LogP contribution in [0.15, 0.2) is 48.9 Å². The second-order valence-electron chi connectivity index (χ2n) is 4.94. The normalized spacial score (nSPS) is 13.8. The Kier molecular flexibility index (Phi) is 3.07. The quantitative estimate of drug-likeness (QED) is 0.816. The summed E-state index contributed by atoms with van der Waals surface area (Å²) in [7, 11) is 0. The van der Waals surface area contributed by atoms with Crippen molar-refractivity contribution in [2.45, 2.75) is 13.5 Å². The third-order valence-corrected chi connectivity index (χ3v) is 4.62. The Labute approximate surface area is 122 Å². The van der Waals surface area contributed by atoms with Gasteiger partial charge in [-0.1, -0.05) is 31.4 Å². The minimum Gasteiger partial charge on any atom is -0.304 e. The number of hydrogen-bond donors (Lipinski definition) is 0. The average Bonchev–Trinajstić information content (AvgIpc) is 2.99. The first-order chi connectivity index (χ1) is 9.59. The van der Waals surface area contributed by atoms with E-state index < -0.39 is 0 Å². The van der Waals surface area contributed by atoms with Crippen molar-refractivity contribution >= 4 is 28.5 Å². The van der Waals surface area contributed by atoms with Crippen molar-refractivity contribution in [2.24, 2.45) is 0 Å². The van der Waals surface area contributed by atoms with Crippen LogP contribution >= 0.6 is 11.3 Å². The summed E-state index contributed by atoms with van der Waals surface area (Å²) in [4.78, 5) is 15.4. The predicted octanol–water partition coefficient (Wildman–Crippen LogP) is 4.41. The van der Waals surface area contributed by atoms with E-state index in [4.69, 9.17) is 0 Å². The average molecular weight is 281 g/mol. The molecular formula is C17H15NOS. The molecule has 2 nitrogen and oxygen atoms in total. The molecule has 3 heteroatoms. The van der Waals surface area contributed by atoms with Gasteiger partial charge in [0.1, 0.15) is 0 Å². The molecule has 1 aliphatic rings. The van der Waals surface area contributed by atoms with E-state index in [0.29, 0.717) is 6.54 Å². The Morgan fingerprint density at radius 1 is 1.25 bits per heavy atom. The summed E-state index contributed by atoms with van der Waals surface area (Å²) < 4.78 is 0. The fraction of sp³-hybridized carbons (Fsp3) is 0.118. The van der Waals surface area contributed by atoms with Gasteiger partial charge in [0.2, 0.25) is 0 Å². The summed E-state index contributed by atoms with van der Waals surface area (Å²) in [6.07, 6.45) is 0. The summed E-state index contributed by atoms with van der Waals surface area (Å²) in [5.41, 5.74) is 4.62. The van der Waals surface area contributed by atoms with Gasteiger partial charge in [0.05, 0.1) is 6.54 Å². The fourth-order valence-electron chi connectivity index (χ4n) is 2.51. The van der Waals surface area contributed by atoms with Gasteiger partial charge in [-0.05, 0) is 35.6 Å². The molecule has 1 amide bonds. The zero-order chi connectivity index (χ0) is 14.3. The van der Waals surface area contributed by atoms with Crippen LogP contribution in [0.1, 0.15) is 33.3 Å². The molecule has 1 aromatic carbocycles. The number of allylic oxidation sites excluding steroid dienone is 1. The molecule has 100 valence electrons. The molecule has 0 atom stereocenters. The van der Waals surface area contributed by atoms with Crippen LogP contribution in [0.3, 0.4) is 0 Å². The Morgan fingerprint density at radius 3 is 2.60 bits per heavy atom. The maximum Gasteiger partial charge on any atom is 0.259 e. The van der Waals surface area contributed by atoms with E-state index in [0.717, 1.165) is 32.8 Å². The summed E-state index contributed by atoms with van der Waals surface area (Å²) in [6, 6.07) is 9.68. The first-order valence-corrected chi connectivity index (χ1v) is 7.30. The van der Waals surface area contributed by atoms with E-state index in [2.05, 4.69) is 19.2 Å². The van der Waals surface area contributed by atoms with E-state index in [1.165, 1.54) is 0 Å². The third-order valence-electron chi connectivity index (χ3n) is 3.50. The lowest BCUT2D eigenvalue weighted by atomic mass is 10.1. The molecule has 2 aromatic rings. The van der Waals surface area contributed by atoms with Crippen molar-refractivity contribution in [3.63, 3.8) is 0 Å². The first-order valence-electron chi connectivity index (χ1n) is 6.42. The number of carbonyl (C=O) groups excluding carboxylic acids is 1. The van der Waals surface area contributed by atoms with Crippen LogP contribution in [0.4, 0.5) is 0 Å². The molecule has 20 heavy (non-hydrogen) atoms. The maximum atomic E-state index is 12.5. The monoisotopic (exact) mass is 281 g/mol. The van der Waals surface area contributed by atoms with Gasteiger partial charge >= 0.3 is 0 Å². The summed E-state index contributed by atoms with van der Waals surface area (Å²) >= 11 is 1.66. The number of fused-ring (bicyclic) bond motifs is 1. The smallest absolute Gasteiger partial charge is 0.259 e. The lowest BCUT2D eigenvalue weighted by molar-refractivity contribution is 0.0843. The molecule has 0 aliphatic carbocycles. The molecule has 0 saturated carbocycles. The predicted molar refractivity (Wildman–Crippen MR) is 84.4 cm³/mol. The molecule has 0 saturated heterocycles. The van der Waals surface area contributed by atoms with Crippen LogP contribution in [-0.2, 0) is 6.54 Å². The third kappa shape index (κ3) is 1.91. The second kappa shape index (κ2) is 4.76. The SMILES string of the molecule is C=C(C)c1sccc1CN1C(=C)c2ccccc2C1=O. The number of carbonyl (C=O) groups is 1. The zero-order valence-corrected chi connectivity index (χ0v) is 12.2. The van der Waals surface area contributed by atoms with Gasteiger partial charge in [0.25, 0.3) is 5.91 Å². The number of amides is 1. The maximum absolute atomic E-state index is 12.5. The van der Waals surface area contributed by atoms with Gasteiger partial charge in [0, 0.05) is 21.7 Å². The lowest BCUT2D eigenvalue weighted by Crippen LogP contribution is -2.22.